The molecular formula is C23H43B. The van der Waals surface area contributed by atoms with Crippen LogP contribution in [0.5, 0.6) is 0 Å². The molecule has 0 radical (unpaired) electrons. The highest BCUT2D eigenvalue weighted by Gasteiger charge is 2.47. The Bertz CT molecular complexity index is 366. The van der Waals surface area contributed by atoms with Crippen LogP contribution < -0.4 is 0 Å². The molecule has 0 amide bonds. The zero-order chi connectivity index (χ0) is 17.0. The summed E-state index contributed by atoms with van der Waals surface area (Å²) in [5, 5.41) is 0.646. The molecule has 3 fully saturated rings. The van der Waals surface area contributed by atoms with Crippen molar-refractivity contribution >= 4 is 7.85 Å². The molecule has 3 saturated carbocycles. The van der Waals surface area contributed by atoms with Gasteiger partial charge in [0.2, 0.25) is 0 Å². The first kappa shape index (κ1) is 18.8. The average molecular weight is 330 g/mol. The Kier molecular flexibility index (Phi) is 6.78. The molecule has 3 rings (SSSR count). The summed E-state index contributed by atoms with van der Waals surface area (Å²) in [7, 11) is 2.74. The van der Waals surface area contributed by atoms with E-state index in [1.807, 2.05) is 0 Å². The van der Waals surface area contributed by atoms with E-state index in [2.05, 4.69) is 21.7 Å². The highest BCUT2D eigenvalue weighted by Crippen LogP contribution is 2.58. The fourth-order valence-electron chi connectivity index (χ4n) is 7.19. The summed E-state index contributed by atoms with van der Waals surface area (Å²) >= 11 is 0. The Balaban J connectivity index is 1.91. The van der Waals surface area contributed by atoms with Crippen molar-refractivity contribution in [1.82, 2.24) is 0 Å². The van der Waals surface area contributed by atoms with Crippen LogP contribution in [-0.4, -0.2) is 7.85 Å². The molecule has 24 heavy (non-hydrogen) atoms. The average Bonchev–Trinajstić information content (AvgIpc) is 2.85. The standard InChI is InChI=1S/C23H43B/c1-18(2)20-15-11-13-19-12-7-6-8-14-21(19)22(20)23(24)16-9-4-3-5-10-17-23/h18-22H,3-17,24H2,1-2H3. The number of fused-ring (bicyclic) bond motifs is 1. The molecule has 0 nitrogen and oxygen atoms in total. The Morgan fingerprint density at radius 1 is 0.708 bits per heavy atom. The summed E-state index contributed by atoms with van der Waals surface area (Å²) < 4.78 is 0. The number of rotatable bonds is 2. The molecule has 0 N–H and O–H groups in total. The van der Waals surface area contributed by atoms with E-state index in [9.17, 15) is 0 Å². The Labute approximate surface area is 153 Å². The van der Waals surface area contributed by atoms with Crippen molar-refractivity contribution in [3.63, 3.8) is 0 Å². The second-order valence-electron chi connectivity index (χ2n) is 10.3. The van der Waals surface area contributed by atoms with E-state index >= 15 is 0 Å². The molecule has 4 atom stereocenters. The zero-order valence-corrected chi connectivity index (χ0v) is 17.0. The van der Waals surface area contributed by atoms with Gasteiger partial charge in [0.05, 0.1) is 0 Å². The van der Waals surface area contributed by atoms with Gasteiger partial charge in [-0.15, -0.1) is 0 Å². The molecular weight excluding hydrogens is 287 g/mol. The number of hydrogen-bond acceptors (Lipinski definition) is 0. The van der Waals surface area contributed by atoms with Crippen LogP contribution in [0.1, 0.15) is 110 Å². The molecule has 3 aliphatic carbocycles. The zero-order valence-electron chi connectivity index (χ0n) is 17.0. The molecule has 0 aliphatic heterocycles. The van der Waals surface area contributed by atoms with Gasteiger partial charge in [0, 0.05) is 0 Å². The van der Waals surface area contributed by atoms with E-state index in [4.69, 9.17) is 0 Å². The molecule has 0 aromatic heterocycles. The van der Waals surface area contributed by atoms with Crippen LogP contribution in [0.3, 0.4) is 0 Å². The molecule has 0 bridgehead atoms. The van der Waals surface area contributed by atoms with Crippen LogP contribution >= 0.6 is 0 Å². The van der Waals surface area contributed by atoms with Gasteiger partial charge in [0.1, 0.15) is 7.85 Å². The predicted octanol–water partition coefficient (Wildman–Crippen LogP) is 6.79. The second kappa shape index (κ2) is 8.63. The quantitative estimate of drug-likeness (QED) is 0.489. The Morgan fingerprint density at radius 3 is 2.00 bits per heavy atom. The lowest BCUT2D eigenvalue weighted by molar-refractivity contribution is 0.0760. The highest BCUT2D eigenvalue weighted by atomic mass is 14.5. The van der Waals surface area contributed by atoms with Crippen molar-refractivity contribution in [3.05, 3.63) is 0 Å². The largest absolute Gasteiger partial charge is 0.109 e. The first-order chi connectivity index (χ1) is 11.6. The third-order valence-electron chi connectivity index (χ3n) is 8.41. The lowest BCUT2D eigenvalue weighted by Crippen LogP contribution is -2.39. The van der Waals surface area contributed by atoms with Gasteiger partial charge in [0.25, 0.3) is 0 Å². The van der Waals surface area contributed by atoms with Crippen LogP contribution in [0.4, 0.5) is 0 Å². The summed E-state index contributed by atoms with van der Waals surface area (Å²) in [6.45, 7) is 5.09. The lowest BCUT2D eigenvalue weighted by atomic mass is 9.47. The summed E-state index contributed by atoms with van der Waals surface area (Å²) in [6, 6.07) is 0. The van der Waals surface area contributed by atoms with Gasteiger partial charge in [-0.05, 0) is 42.4 Å². The summed E-state index contributed by atoms with van der Waals surface area (Å²) in [6.07, 6.45) is 22.9. The fraction of sp³-hybridized carbons (Fsp3) is 1.00. The van der Waals surface area contributed by atoms with E-state index in [1.54, 1.807) is 19.3 Å². The van der Waals surface area contributed by atoms with Crippen LogP contribution in [0.2, 0.25) is 5.31 Å². The van der Waals surface area contributed by atoms with Crippen LogP contribution in [0.25, 0.3) is 0 Å². The summed E-state index contributed by atoms with van der Waals surface area (Å²) in [5.41, 5.74) is 0. The van der Waals surface area contributed by atoms with Gasteiger partial charge in [-0.2, -0.15) is 0 Å². The smallest absolute Gasteiger partial charge is 0.0625 e. The minimum absolute atomic E-state index is 0.646. The van der Waals surface area contributed by atoms with Crippen molar-refractivity contribution in [1.29, 1.82) is 0 Å². The van der Waals surface area contributed by atoms with Gasteiger partial charge < -0.3 is 0 Å². The van der Waals surface area contributed by atoms with Crippen LogP contribution in [0, 0.1) is 29.6 Å². The van der Waals surface area contributed by atoms with E-state index in [1.165, 1.54) is 77.0 Å². The van der Waals surface area contributed by atoms with Gasteiger partial charge in [0.15, 0.2) is 0 Å². The molecule has 1 heteroatoms. The van der Waals surface area contributed by atoms with Crippen LogP contribution in [-0.2, 0) is 0 Å². The van der Waals surface area contributed by atoms with Crippen LogP contribution in [0.15, 0.2) is 0 Å². The molecule has 0 saturated heterocycles. The maximum Gasteiger partial charge on any atom is 0.109 e. The lowest BCUT2D eigenvalue weighted by Gasteiger charge is -2.49. The van der Waals surface area contributed by atoms with E-state index < -0.39 is 0 Å². The van der Waals surface area contributed by atoms with E-state index in [-0.39, 0.29) is 0 Å². The van der Waals surface area contributed by atoms with Crippen molar-refractivity contribution in [2.75, 3.05) is 0 Å². The SMILES string of the molecule is BC1(C2C(C(C)C)CCCC3CCCCCC32)CCCCCCC1. The molecule has 0 aromatic rings. The molecule has 0 aromatic carbocycles. The van der Waals surface area contributed by atoms with Crippen molar-refractivity contribution in [3.8, 4) is 0 Å². The third-order valence-corrected chi connectivity index (χ3v) is 8.41. The maximum atomic E-state index is 2.74. The molecule has 0 heterocycles. The number of hydrogen-bond donors (Lipinski definition) is 0. The van der Waals surface area contributed by atoms with Gasteiger partial charge in [-0.3, -0.25) is 0 Å². The predicted molar refractivity (Wildman–Crippen MR) is 109 cm³/mol. The van der Waals surface area contributed by atoms with Gasteiger partial charge in [-0.25, -0.2) is 0 Å². The topological polar surface area (TPSA) is 0 Å². The maximum absolute atomic E-state index is 2.74. The molecule has 138 valence electrons. The van der Waals surface area contributed by atoms with Gasteiger partial charge in [-0.1, -0.05) is 103 Å². The molecule has 0 spiro atoms. The normalized spacial score (nSPS) is 38.5. The first-order valence-electron chi connectivity index (χ1n) is 11.6. The van der Waals surface area contributed by atoms with E-state index in [0.717, 1.165) is 29.6 Å². The highest BCUT2D eigenvalue weighted by molar-refractivity contribution is 6.15. The fourth-order valence-corrected chi connectivity index (χ4v) is 7.19. The Hall–Kier alpha value is 0.0649. The first-order valence-corrected chi connectivity index (χ1v) is 11.6. The third kappa shape index (κ3) is 4.24. The minimum Gasteiger partial charge on any atom is -0.0625 e. The van der Waals surface area contributed by atoms with Crippen molar-refractivity contribution in [2.24, 2.45) is 29.6 Å². The van der Waals surface area contributed by atoms with Gasteiger partial charge >= 0.3 is 0 Å². The van der Waals surface area contributed by atoms with E-state index in [0.29, 0.717) is 5.31 Å². The summed E-state index contributed by atoms with van der Waals surface area (Å²) in [4.78, 5) is 0. The second-order valence-corrected chi connectivity index (χ2v) is 10.3. The monoisotopic (exact) mass is 330 g/mol. The van der Waals surface area contributed by atoms with Crippen molar-refractivity contribution < 1.29 is 0 Å². The minimum atomic E-state index is 0.646. The molecule has 4 unspecified atom stereocenters. The van der Waals surface area contributed by atoms with Crippen molar-refractivity contribution in [2.45, 2.75) is 115 Å². The summed E-state index contributed by atoms with van der Waals surface area (Å²) in [5.74, 6) is 5.05. The Morgan fingerprint density at radius 2 is 1.29 bits per heavy atom. The molecule has 3 aliphatic rings.